The van der Waals surface area contributed by atoms with Crippen LogP contribution < -0.4 is 5.73 Å². The number of anilines is 1. The lowest BCUT2D eigenvalue weighted by Gasteiger charge is -2.18. The van der Waals surface area contributed by atoms with Crippen LogP contribution in [0.4, 0.5) is 5.95 Å². The third-order valence-corrected chi connectivity index (χ3v) is 3.46. The largest absolute Gasteiger partial charge is 0.366 e. The van der Waals surface area contributed by atoms with Gasteiger partial charge in [-0.15, -0.1) is 5.10 Å². The molecule has 0 aromatic carbocycles. The number of aromatic nitrogens is 6. The van der Waals surface area contributed by atoms with Crippen molar-refractivity contribution in [1.29, 1.82) is 0 Å². The predicted octanol–water partition coefficient (Wildman–Crippen LogP) is 1.23. The van der Waals surface area contributed by atoms with Gasteiger partial charge in [0.05, 0.1) is 0 Å². The standard InChI is InChI=1S/C11H17N7/c1-18-10(9-14-11(12)16-15-9)13-8(17-18)7-5-3-2-4-6-7/h7H,2-6H2,1H3,(H3,12,14,15,16). The minimum atomic E-state index is 0.229. The van der Waals surface area contributed by atoms with Gasteiger partial charge < -0.3 is 5.73 Å². The molecular weight excluding hydrogens is 230 g/mol. The van der Waals surface area contributed by atoms with E-state index in [-0.39, 0.29) is 5.95 Å². The summed E-state index contributed by atoms with van der Waals surface area (Å²) in [7, 11) is 1.87. The summed E-state index contributed by atoms with van der Waals surface area (Å²) in [6.45, 7) is 0. The summed E-state index contributed by atoms with van der Waals surface area (Å²) < 4.78 is 1.74. The van der Waals surface area contributed by atoms with E-state index >= 15 is 0 Å². The molecule has 2 heterocycles. The topological polar surface area (TPSA) is 98.3 Å². The van der Waals surface area contributed by atoms with E-state index in [0.29, 0.717) is 17.6 Å². The molecule has 1 saturated carbocycles. The summed E-state index contributed by atoms with van der Waals surface area (Å²) in [6, 6.07) is 0. The highest BCUT2D eigenvalue weighted by Crippen LogP contribution is 2.31. The second-order valence-corrected chi connectivity index (χ2v) is 4.79. The number of hydrogen-bond acceptors (Lipinski definition) is 5. The number of aromatic amines is 1. The highest BCUT2D eigenvalue weighted by atomic mass is 15.4. The summed E-state index contributed by atoms with van der Waals surface area (Å²) in [4.78, 5) is 8.67. The van der Waals surface area contributed by atoms with E-state index in [2.05, 4.69) is 25.3 Å². The first-order valence-corrected chi connectivity index (χ1v) is 6.33. The second kappa shape index (κ2) is 4.40. The van der Waals surface area contributed by atoms with E-state index in [1.807, 2.05) is 7.05 Å². The van der Waals surface area contributed by atoms with Gasteiger partial charge in [0.25, 0.3) is 0 Å². The Morgan fingerprint density at radius 3 is 2.67 bits per heavy atom. The van der Waals surface area contributed by atoms with Gasteiger partial charge in [0, 0.05) is 13.0 Å². The monoisotopic (exact) mass is 247 g/mol. The zero-order valence-corrected chi connectivity index (χ0v) is 10.4. The molecule has 0 radical (unpaired) electrons. The van der Waals surface area contributed by atoms with Crippen LogP contribution in [-0.4, -0.2) is 29.9 Å². The Bertz CT molecular complexity index is 535. The second-order valence-electron chi connectivity index (χ2n) is 4.79. The summed E-state index contributed by atoms with van der Waals surface area (Å²) in [5.41, 5.74) is 5.50. The van der Waals surface area contributed by atoms with Crippen molar-refractivity contribution >= 4 is 5.95 Å². The number of nitrogens with one attached hydrogen (secondary N) is 1. The lowest BCUT2D eigenvalue weighted by atomic mass is 9.89. The Morgan fingerprint density at radius 2 is 2.00 bits per heavy atom. The minimum absolute atomic E-state index is 0.229. The lowest BCUT2D eigenvalue weighted by molar-refractivity contribution is 0.427. The molecular formula is C11H17N7. The molecule has 0 atom stereocenters. The maximum Gasteiger partial charge on any atom is 0.239 e. The number of nitrogen functional groups attached to an aromatic ring is 1. The van der Waals surface area contributed by atoms with Crippen molar-refractivity contribution in [1.82, 2.24) is 29.9 Å². The van der Waals surface area contributed by atoms with E-state index in [4.69, 9.17) is 5.73 Å². The maximum atomic E-state index is 5.50. The first-order chi connectivity index (χ1) is 8.74. The third kappa shape index (κ3) is 1.96. The number of hydrogen-bond donors (Lipinski definition) is 2. The molecule has 2 aromatic rings. The zero-order chi connectivity index (χ0) is 12.5. The van der Waals surface area contributed by atoms with E-state index in [9.17, 15) is 0 Å². The fourth-order valence-corrected chi connectivity index (χ4v) is 2.52. The molecule has 0 spiro atoms. The Kier molecular flexibility index (Phi) is 2.73. The first kappa shape index (κ1) is 11.2. The molecule has 0 bridgehead atoms. The normalized spacial score (nSPS) is 17.2. The van der Waals surface area contributed by atoms with Crippen molar-refractivity contribution in [2.75, 3.05) is 5.73 Å². The van der Waals surface area contributed by atoms with Crippen molar-refractivity contribution < 1.29 is 0 Å². The van der Waals surface area contributed by atoms with Crippen LogP contribution in [-0.2, 0) is 7.05 Å². The summed E-state index contributed by atoms with van der Waals surface area (Å²) >= 11 is 0. The van der Waals surface area contributed by atoms with Crippen molar-refractivity contribution in [3.8, 4) is 11.6 Å². The minimum Gasteiger partial charge on any atom is -0.366 e. The summed E-state index contributed by atoms with van der Waals surface area (Å²) in [5.74, 6) is 2.90. The van der Waals surface area contributed by atoms with E-state index in [1.54, 1.807) is 4.68 Å². The molecule has 0 amide bonds. The molecule has 3 N–H and O–H groups in total. The van der Waals surface area contributed by atoms with Gasteiger partial charge in [-0.2, -0.15) is 10.1 Å². The molecule has 1 aliphatic carbocycles. The van der Waals surface area contributed by atoms with Crippen LogP contribution in [0.1, 0.15) is 43.8 Å². The van der Waals surface area contributed by atoms with Gasteiger partial charge in [-0.1, -0.05) is 19.3 Å². The highest BCUT2D eigenvalue weighted by molar-refractivity contribution is 5.44. The number of nitrogens with zero attached hydrogens (tertiary/aromatic N) is 5. The fraction of sp³-hybridized carbons (Fsp3) is 0.636. The molecule has 3 rings (SSSR count). The molecule has 0 aliphatic heterocycles. The van der Waals surface area contributed by atoms with Crippen molar-refractivity contribution in [2.24, 2.45) is 7.05 Å². The average Bonchev–Trinajstić information content (AvgIpc) is 2.97. The Labute approximate surface area is 105 Å². The van der Waals surface area contributed by atoms with Crippen LogP contribution in [0.25, 0.3) is 11.6 Å². The SMILES string of the molecule is Cn1nc(C2CCCCC2)nc1-c1nc(N)n[nH]1. The van der Waals surface area contributed by atoms with Gasteiger partial charge >= 0.3 is 0 Å². The zero-order valence-electron chi connectivity index (χ0n) is 10.4. The van der Waals surface area contributed by atoms with Gasteiger partial charge in [-0.3, -0.25) is 5.10 Å². The number of H-pyrrole nitrogens is 1. The van der Waals surface area contributed by atoms with Crippen LogP contribution >= 0.6 is 0 Å². The summed E-state index contributed by atoms with van der Waals surface area (Å²) in [6.07, 6.45) is 6.24. The quantitative estimate of drug-likeness (QED) is 0.831. The predicted molar refractivity (Wildman–Crippen MR) is 66.6 cm³/mol. The fourth-order valence-electron chi connectivity index (χ4n) is 2.52. The molecule has 0 unspecified atom stereocenters. The molecule has 7 heteroatoms. The molecule has 7 nitrogen and oxygen atoms in total. The molecule has 0 saturated heterocycles. The Morgan fingerprint density at radius 1 is 1.22 bits per heavy atom. The van der Waals surface area contributed by atoms with Crippen molar-refractivity contribution in [3.05, 3.63) is 5.82 Å². The molecule has 1 fully saturated rings. The van der Waals surface area contributed by atoms with Gasteiger partial charge in [0.15, 0.2) is 17.5 Å². The molecule has 96 valence electrons. The van der Waals surface area contributed by atoms with E-state index in [1.165, 1.54) is 32.1 Å². The summed E-state index contributed by atoms with van der Waals surface area (Å²) in [5, 5.41) is 11.1. The van der Waals surface area contributed by atoms with Crippen molar-refractivity contribution in [3.63, 3.8) is 0 Å². The van der Waals surface area contributed by atoms with Gasteiger partial charge in [0.2, 0.25) is 5.95 Å². The van der Waals surface area contributed by atoms with E-state index in [0.717, 1.165) is 5.82 Å². The lowest BCUT2D eigenvalue weighted by Crippen LogP contribution is -2.06. The van der Waals surface area contributed by atoms with Gasteiger partial charge in [-0.25, -0.2) is 9.67 Å². The van der Waals surface area contributed by atoms with Gasteiger partial charge in [-0.05, 0) is 12.8 Å². The average molecular weight is 247 g/mol. The third-order valence-electron chi connectivity index (χ3n) is 3.46. The number of aryl methyl sites for hydroxylation is 1. The van der Waals surface area contributed by atoms with Crippen LogP contribution in [0.3, 0.4) is 0 Å². The van der Waals surface area contributed by atoms with E-state index < -0.39 is 0 Å². The Hall–Kier alpha value is -1.92. The smallest absolute Gasteiger partial charge is 0.239 e. The number of rotatable bonds is 2. The van der Waals surface area contributed by atoms with Crippen LogP contribution in [0.2, 0.25) is 0 Å². The Balaban J connectivity index is 1.90. The van der Waals surface area contributed by atoms with Gasteiger partial charge in [0.1, 0.15) is 0 Å². The number of nitrogens with two attached hydrogens (primary N) is 1. The molecule has 18 heavy (non-hydrogen) atoms. The van der Waals surface area contributed by atoms with Crippen LogP contribution in [0.5, 0.6) is 0 Å². The molecule has 1 aliphatic rings. The van der Waals surface area contributed by atoms with Crippen LogP contribution in [0.15, 0.2) is 0 Å². The molecule has 2 aromatic heterocycles. The highest BCUT2D eigenvalue weighted by Gasteiger charge is 2.22. The van der Waals surface area contributed by atoms with Crippen LogP contribution in [0, 0.1) is 0 Å². The maximum absolute atomic E-state index is 5.50. The first-order valence-electron chi connectivity index (χ1n) is 6.33. The van der Waals surface area contributed by atoms with Crippen molar-refractivity contribution in [2.45, 2.75) is 38.0 Å².